The van der Waals surface area contributed by atoms with Crippen LogP contribution in [0.3, 0.4) is 0 Å². The number of hydrogen-bond acceptors (Lipinski definition) is 3. The number of anilines is 1. The Hall–Kier alpha value is -1.88. The first-order chi connectivity index (χ1) is 8.97. The van der Waals surface area contributed by atoms with Crippen LogP contribution in [-0.4, -0.2) is 30.1 Å². The van der Waals surface area contributed by atoms with Crippen LogP contribution in [0.4, 0.5) is 5.69 Å². The van der Waals surface area contributed by atoms with E-state index in [0.717, 1.165) is 6.54 Å². The molecule has 0 radical (unpaired) electrons. The average Bonchev–Trinajstić information content (AvgIpc) is 2.35. The van der Waals surface area contributed by atoms with E-state index < -0.39 is 5.97 Å². The molecule has 0 aliphatic heterocycles. The van der Waals surface area contributed by atoms with Crippen molar-refractivity contribution < 1.29 is 14.7 Å². The van der Waals surface area contributed by atoms with Crippen LogP contribution in [0.15, 0.2) is 18.2 Å². The highest BCUT2D eigenvalue weighted by atomic mass is 16.4. The van der Waals surface area contributed by atoms with E-state index in [1.165, 1.54) is 0 Å². The molecule has 1 aromatic rings. The maximum Gasteiger partial charge on any atom is 0.338 e. The number of carboxylic acids is 1. The molecule has 19 heavy (non-hydrogen) atoms. The normalized spacial score (nSPS) is 11.9. The van der Waals surface area contributed by atoms with Gasteiger partial charge in [-0.25, -0.2) is 4.79 Å². The Morgan fingerprint density at radius 2 is 2.05 bits per heavy atom. The molecule has 0 saturated heterocycles. The molecule has 1 unspecified atom stereocenters. The van der Waals surface area contributed by atoms with Gasteiger partial charge in [0.15, 0.2) is 0 Å². The van der Waals surface area contributed by atoms with E-state index in [2.05, 4.69) is 10.6 Å². The van der Waals surface area contributed by atoms with Crippen molar-refractivity contribution in [3.63, 3.8) is 0 Å². The van der Waals surface area contributed by atoms with Crippen LogP contribution < -0.4 is 10.6 Å². The highest BCUT2D eigenvalue weighted by Gasteiger charge is 2.17. The first-order valence-electron chi connectivity index (χ1n) is 6.31. The van der Waals surface area contributed by atoms with Crippen molar-refractivity contribution in [3.8, 4) is 0 Å². The Labute approximate surface area is 113 Å². The van der Waals surface area contributed by atoms with Crippen LogP contribution in [0, 0.1) is 12.8 Å². The van der Waals surface area contributed by atoms with E-state index in [4.69, 9.17) is 0 Å². The van der Waals surface area contributed by atoms with Crippen LogP contribution in [0.25, 0.3) is 0 Å². The van der Waals surface area contributed by atoms with Gasteiger partial charge in [0.05, 0.1) is 11.3 Å². The molecule has 0 aliphatic carbocycles. The number of aromatic carboxylic acids is 1. The Kier molecular flexibility index (Phi) is 5.51. The summed E-state index contributed by atoms with van der Waals surface area (Å²) in [6.07, 6.45) is 0. The maximum absolute atomic E-state index is 12.0. The second kappa shape index (κ2) is 6.89. The number of nitrogens with one attached hydrogen (secondary N) is 2. The van der Waals surface area contributed by atoms with E-state index in [0.29, 0.717) is 17.8 Å². The predicted molar refractivity (Wildman–Crippen MR) is 74.5 cm³/mol. The van der Waals surface area contributed by atoms with Crippen molar-refractivity contribution >= 4 is 17.6 Å². The van der Waals surface area contributed by atoms with E-state index in [1.807, 2.05) is 6.92 Å². The van der Waals surface area contributed by atoms with Gasteiger partial charge in [0, 0.05) is 12.5 Å². The number of aryl methyl sites for hydroxylation is 1. The minimum atomic E-state index is -1.03. The van der Waals surface area contributed by atoms with Gasteiger partial charge in [0.1, 0.15) is 0 Å². The van der Waals surface area contributed by atoms with Gasteiger partial charge in [-0.05, 0) is 25.1 Å². The fraction of sp³-hybridized carbons (Fsp3) is 0.429. The molecular formula is C14H20N2O3. The minimum absolute atomic E-state index is 0.145. The second-order valence-corrected chi connectivity index (χ2v) is 4.50. The summed E-state index contributed by atoms with van der Waals surface area (Å²) in [5.41, 5.74) is 1.12. The predicted octanol–water partition coefficient (Wildman–Crippen LogP) is 1.88. The first kappa shape index (κ1) is 15.2. The molecule has 0 fully saturated rings. The molecule has 1 atom stereocenters. The maximum atomic E-state index is 12.0. The summed E-state index contributed by atoms with van der Waals surface area (Å²) in [4.78, 5) is 23.2. The van der Waals surface area contributed by atoms with Gasteiger partial charge in [0.2, 0.25) is 5.91 Å². The molecule has 1 aromatic carbocycles. The second-order valence-electron chi connectivity index (χ2n) is 4.50. The summed E-state index contributed by atoms with van der Waals surface area (Å²) in [6.45, 7) is 6.84. The molecule has 0 spiro atoms. The van der Waals surface area contributed by atoms with Crippen molar-refractivity contribution in [1.29, 1.82) is 0 Å². The van der Waals surface area contributed by atoms with Crippen molar-refractivity contribution in [3.05, 3.63) is 29.3 Å². The fourth-order valence-electron chi connectivity index (χ4n) is 1.77. The Morgan fingerprint density at radius 1 is 1.37 bits per heavy atom. The van der Waals surface area contributed by atoms with E-state index >= 15 is 0 Å². The smallest absolute Gasteiger partial charge is 0.338 e. The number of carbonyl (C=O) groups excluding carboxylic acids is 1. The van der Waals surface area contributed by atoms with E-state index in [9.17, 15) is 14.7 Å². The zero-order valence-electron chi connectivity index (χ0n) is 11.5. The summed E-state index contributed by atoms with van der Waals surface area (Å²) in [7, 11) is 0. The monoisotopic (exact) mass is 264 g/mol. The van der Waals surface area contributed by atoms with E-state index in [-0.39, 0.29) is 17.4 Å². The number of carboxylic acid groups (broad SMARTS) is 1. The largest absolute Gasteiger partial charge is 0.478 e. The molecule has 0 saturated carbocycles. The standard InChI is InChI=1S/C14H20N2O3/c1-4-15-8-10(3)13(17)16-11-7-5-6-9(2)12(11)14(18)19/h5-7,10,15H,4,8H2,1-3H3,(H,16,17)(H,18,19). The van der Waals surface area contributed by atoms with Crippen LogP contribution in [0.2, 0.25) is 0 Å². The first-order valence-corrected chi connectivity index (χ1v) is 6.31. The summed E-state index contributed by atoms with van der Waals surface area (Å²) in [5, 5.41) is 14.9. The third-order valence-electron chi connectivity index (χ3n) is 2.89. The van der Waals surface area contributed by atoms with Crippen molar-refractivity contribution in [2.24, 2.45) is 5.92 Å². The lowest BCUT2D eigenvalue weighted by Crippen LogP contribution is -2.30. The van der Waals surface area contributed by atoms with Crippen LogP contribution in [-0.2, 0) is 4.79 Å². The molecule has 5 heteroatoms. The zero-order valence-corrected chi connectivity index (χ0v) is 11.5. The number of hydrogen-bond donors (Lipinski definition) is 3. The summed E-state index contributed by atoms with van der Waals surface area (Å²) in [6, 6.07) is 5.04. The summed E-state index contributed by atoms with van der Waals surface area (Å²) in [5.74, 6) is -1.44. The molecule has 0 aromatic heterocycles. The molecule has 104 valence electrons. The SMILES string of the molecule is CCNCC(C)C(=O)Nc1cccc(C)c1C(=O)O. The molecule has 5 nitrogen and oxygen atoms in total. The van der Waals surface area contributed by atoms with Crippen molar-refractivity contribution in [1.82, 2.24) is 5.32 Å². The molecule has 0 bridgehead atoms. The highest BCUT2D eigenvalue weighted by molar-refractivity contribution is 6.02. The quantitative estimate of drug-likeness (QED) is 0.733. The summed E-state index contributed by atoms with van der Waals surface area (Å²) >= 11 is 0. The number of rotatable bonds is 6. The molecule has 1 rings (SSSR count). The van der Waals surface area contributed by atoms with E-state index in [1.54, 1.807) is 32.0 Å². The average molecular weight is 264 g/mol. The molecule has 1 amide bonds. The zero-order chi connectivity index (χ0) is 14.4. The third kappa shape index (κ3) is 4.06. The lowest BCUT2D eigenvalue weighted by molar-refractivity contribution is -0.119. The van der Waals surface area contributed by atoms with Gasteiger partial charge in [0.25, 0.3) is 0 Å². The minimum Gasteiger partial charge on any atom is -0.478 e. The summed E-state index contributed by atoms with van der Waals surface area (Å²) < 4.78 is 0. The van der Waals surface area contributed by atoms with Crippen molar-refractivity contribution in [2.45, 2.75) is 20.8 Å². The third-order valence-corrected chi connectivity index (χ3v) is 2.89. The number of amides is 1. The van der Waals surface area contributed by atoms with Crippen LogP contribution in [0.5, 0.6) is 0 Å². The van der Waals surface area contributed by atoms with Crippen LogP contribution >= 0.6 is 0 Å². The molecule has 3 N–H and O–H groups in total. The van der Waals surface area contributed by atoms with Gasteiger partial charge < -0.3 is 15.7 Å². The Balaban J connectivity index is 2.85. The fourth-order valence-corrected chi connectivity index (χ4v) is 1.77. The van der Waals surface area contributed by atoms with Crippen LogP contribution in [0.1, 0.15) is 29.8 Å². The molecule has 0 heterocycles. The highest BCUT2D eigenvalue weighted by Crippen LogP contribution is 2.20. The Morgan fingerprint density at radius 3 is 2.63 bits per heavy atom. The Bertz CT molecular complexity index is 472. The number of carbonyl (C=O) groups is 2. The lowest BCUT2D eigenvalue weighted by atomic mass is 10.1. The lowest BCUT2D eigenvalue weighted by Gasteiger charge is -2.14. The van der Waals surface area contributed by atoms with Gasteiger partial charge in [-0.3, -0.25) is 4.79 Å². The number of benzene rings is 1. The van der Waals surface area contributed by atoms with Gasteiger partial charge in [-0.15, -0.1) is 0 Å². The van der Waals surface area contributed by atoms with Gasteiger partial charge in [-0.2, -0.15) is 0 Å². The van der Waals surface area contributed by atoms with Gasteiger partial charge in [-0.1, -0.05) is 26.0 Å². The molecule has 0 aliphatic rings. The van der Waals surface area contributed by atoms with Gasteiger partial charge >= 0.3 is 5.97 Å². The molecular weight excluding hydrogens is 244 g/mol. The topological polar surface area (TPSA) is 78.4 Å². The van der Waals surface area contributed by atoms with Crippen molar-refractivity contribution in [2.75, 3.05) is 18.4 Å².